The van der Waals surface area contributed by atoms with Crippen molar-refractivity contribution in [1.82, 2.24) is 14.8 Å². The van der Waals surface area contributed by atoms with Crippen LogP contribution in [-0.4, -0.2) is 53.4 Å². The Balaban J connectivity index is 1.44. The third-order valence-electron chi connectivity index (χ3n) is 6.58. The number of carbonyl (C=O) groups excluding carboxylic acids is 1. The average Bonchev–Trinajstić information content (AvgIpc) is 3.64. The molecule has 1 aromatic heterocycles. The molecule has 2 aliphatic rings. The third-order valence-corrected chi connectivity index (χ3v) is 9.14. The number of amides is 1. The standard InChI is InChI=1S/C24H24FN3O7S2/c25-17-3-1-16(2-4-17)12-33-19-5-7-20(8-6-19)37(31,32)28(11-18-13-36-14-26-18)24(23(29)27-30)9-21-22(10-24)35-15-34-21/h1-8,13-14,21-22,30H,9-12,15H2,(H,27,29). The fraction of sp³-hybridized carbons (Fsp3) is 0.333. The van der Waals surface area contributed by atoms with Crippen LogP contribution in [0.3, 0.4) is 0 Å². The van der Waals surface area contributed by atoms with Gasteiger partial charge in [-0.3, -0.25) is 10.0 Å². The zero-order valence-electron chi connectivity index (χ0n) is 19.4. The van der Waals surface area contributed by atoms with Gasteiger partial charge in [0.2, 0.25) is 10.0 Å². The first kappa shape index (κ1) is 25.7. The SMILES string of the molecule is O=C(NO)C1(N(Cc2cscn2)S(=O)(=O)c2ccc(OCc3ccc(F)cc3)cc2)CC2OCOC2C1. The molecule has 1 aliphatic heterocycles. The highest BCUT2D eigenvalue weighted by molar-refractivity contribution is 7.89. The van der Waals surface area contributed by atoms with Gasteiger partial charge in [0.1, 0.15) is 30.5 Å². The summed E-state index contributed by atoms with van der Waals surface area (Å²) in [6, 6.07) is 11.6. The Morgan fingerprint density at radius 3 is 2.43 bits per heavy atom. The second kappa shape index (κ2) is 10.4. The van der Waals surface area contributed by atoms with E-state index in [4.69, 9.17) is 14.2 Å². The monoisotopic (exact) mass is 549 g/mol. The van der Waals surface area contributed by atoms with Crippen LogP contribution in [0.1, 0.15) is 24.1 Å². The first-order chi connectivity index (χ1) is 17.8. The molecule has 0 bridgehead atoms. The van der Waals surface area contributed by atoms with Crippen molar-refractivity contribution >= 4 is 27.3 Å². The molecule has 1 aliphatic carbocycles. The highest BCUT2D eigenvalue weighted by Crippen LogP contribution is 2.44. The zero-order chi connectivity index (χ0) is 26.0. The quantitative estimate of drug-likeness (QED) is 0.308. The smallest absolute Gasteiger partial charge is 0.265 e. The maximum absolute atomic E-state index is 14.0. The fourth-order valence-corrected chi connectivity index (χ4v) is 6.95. The Morgan fingerprint density at radius 2 is 1.84 bits per heavy atom. The summed E-state index contributed by atoms with van der Waals surface area (Å²) < 4.78 is 59.0. The summed E-state index contributed by atoms with van der Waals surface area (Å²) in [7, 11) is -4.28. The van der Waals surface area contributed by atoms with Gasteiger partial charge in [0.15, 0.2) is 0 Å². The number of thiazole rings is 1. The molecule has 2 unspecified atom stereocenters. The summed E-state index contributed by atoms with van der Waals surface area (Å²) in [5.41, 5.74) is 2.76. The molecular weight excluding hydrogens is 525 g/mol. The third kappa shape index (κ3) is 5.10. The number of hydroxylamine groups is 1. The Bertz CT molecular complexity index is 1320. The number of rotatable bonds is 9. The van der Waals surface area contributed by atoms with Gasteiger partial charge in [-0.2, -0.15) is 4.31 Å². The van der Waals surface area contributed by atoms with Crippen molar-refractivity contribution in [3.05, 3.63) is 76.5 Å². The van der Waals surface area contributed by atoms with Crippen LogP contribution in [0.15, 0.2) is 64.3 Å². The second-order valence-electron chi connectivity index (χ2n) is 8.79. The van der Waals surface area contributed by atoms with Crippen molar-refractivity contribution in [2.75, 3.05) is 6.79 Å². The predicted octanol–water partition coefficient (Wildman–Crippen LogP) is 2.83. The van der Waals surface area contributed by atoms with E-state index in [1.807, 2.05) is 0 Å². The fourth-order valence-electron chi connectivity index (χ4n) is 4.68. The van der Waals surface area contributed by atoms with E-state index in [-0.39, 0.29) is 43.5 Å². The first-order valence-corrected chi connectivity index (χ1v) is 13.7. The molecule has 2 fully saturated rings. The van der Waals surface area contributed by atoms with E-state index >= 15 is 0 Å². The highest BCUT2D eigenvalue weighted by Gasteiger charge is 2.60. The Hall–Kier alpha value is -2.94. The number of hydrogen-bond donors (Lipinski definition) is 2. The summed E-state index contributed by atoms with van der Waals surface area (Å²) in [5, 5.41) is 11.3. The maximum Gasteiger partial charge on any atom is 0.265 e. The average molecular weight is 550 g/mol. The van der Waals surface area contributed by atoms with Gasteiger partial charge in [-0.05, 0) is 42.0 Å². The van der Waals surface area contributed by atoms with Gasteiger partial charge in [-0.1, -0.05) is 12.1 Å². The second-order valence-corrected chi connectivity index (χ2v) is 11.4. The van der Waals surface area contributed by atoms with E-state index in [2.05, 4.69) is 4.98 Å². The van der Waals surface area contributed by atoms with E-state index in [1.54, 1.807) is 28.5 Å². The summed E-state index contributed by atoms with van der Waals surface area (Å²) in [6.07, 6.45) is -0.973. The Morgan fingerprint density at radius 1 is 1.16 bits per heavy atom. The summed E-state index contributed by atoms with van der Waals surface area (Å²) in [4.78, 5) is 17.2. The van der Waals surface area contributed by atoms with Gasteiger partial charge >= 0.3 is 0 Å². The number of halogens is 1. The number of aromatic nitrogens is 1. The van der Waals surface area contributed by atoms with Gasteiger partial charge in [-0.15, -0.1) is 11.3 Å². The van der Waals surface area contributed by atoms with Crippen LogP contribution in [0.4, 0.5) is 4.39 Å². The van der Waals surface area contributed by atoms with Crippen molar-refractivity contribution in [3.63, 3.8) is 0 Å². The molecule has 1 amide bonds. The van der Waals surface area contributed by atoms with Crippen molar-refractivity contribution in [3.8, 4) is 5.75 Å². The van der Waals surface area contributed by atoms with Crippen LogP contribution < -0.4 is 10.2 Å². The lowest BCUT2D eigenvalue weighted by molar-refractivity contribution is -0.141. The van der Waals surface area contributed by atoms with E-state index in [1.165, 1.54) is 47.7 Å². The molecule has 0 spiro atoms. The molecule has 37 heavy (non-hydrogen) atoms. The Kier molecular flexibility index (Phi) is 7.25. The van der Waals surface area contributed by atoms with Crippen LogP contribution in [0.25, 0.3) is 0 Å². The molecule has 10 nitrogen and oxygen atoms in total. The molecule has 13 heteroatoms. The molecule has 0 radical (unpaired) electrons. The molecule has 1 saturated carbocycles. The number of ether oxygens (including phenoxy) is 3. The van der Waals surface area contributed by atoms with Crippen molar-refractivity contribution in [2.45, 2.75) is 48.6 Å². The van der Waals surface area contributed by atoms with Crippen LogP contribution >= 0.6 is 11.3 Å². The minimum Gasteiger partial charge on any atom is -0.489 e. The number of benzene rings is 2. The molecular formula is C24H24FN3O7S2. The molecule has 2 N–H and O–H groups in total. The summed E-state index contributed by atoms with van der Waals surface area (Å²) >= 11 is 1.30. The molecule has 5 rings (SSSR count). The van der Waals surface area contributed by atoms with E-state index < -0.39 is 33.7 Å². The molecule has 1 saturated heterocycles. The van der Waals surface area contributed by atoms with Gasteiger partial charge in [-0.25, -0.2) is 23.3 Å². The number of nitrogens with one attached hydrogen (secondary N) is 1. The lowest BCUT2D eigenvalue weighted by Gasteiger charge is -2.38. The molecule has 2 atom stereocenters. The molecule has 3 aromatic rings. The number of hydrogen-bond acceptors (Lipinski definition) is 9. The van der Waals surface area contributed by atoms with Gasteiger partial charge in [0.25, 0.3) is 5.91 Å². The summed E-state index contributed by atoms with van der Waals surface area (Å²) in [5.74, 6) is -0.807. The van der Waals surface area contributed by atoms with Crippen molar-refractivity contribution < 1.29 is 37.0 Å². The van der Waals surface area contributed by atoms with Crippen LogP contribution in [-0.2, 0) is 37.4 Å². The van der Waals surface area contributed by atoms with Gasteiger partial charge in [0.05, 0.1) is 34.9 Å². The number of sulfonamides is 1. The minimum absolute atomic E-state index is 0.00624. The molecule has 196 valence electrons. The molecule has 2 heterocycles. The minimum atomic E-state index is -4.28. The zero-order valence-corrected chi connectivity index (χ0v) is 21.1. The van der Waals surface area contributed by atoms with E-state index in [9.17, 15) is 22.8 Å². The lowest BCUT2D eigenvalue weighted by atomic mass is 9.96. The van der Waals surface area contributed by atoms with E-state index in [0.29, 0.717) is 11.4 Å². The van der Waals surface area contributed by atoms with Gasteiger partial charge in [0, 0.05) is 18.2 Å². The number of nitrogens with zero attached hydrogens (tertiary/aromatic N) is 2. The number of carbonyl (C=O) groups is 1. The molecule has 2 aromatic carbocycles. The van der Waals surface area contributed by atoms with Crippen molar-refractivity contribution in [2.24, 2.45) is 0 Å². The van der Waals surface area contributed by atoms with E-state index in [0.717, 1.165) is 9.87 Å². The predicted molar refractivity (Wildman–Crippen MR) is 129 cm³/mol. The van der Waals surface area contributed by atoms with Crippen LogP contribution in [0.5, 0.6) is 5.75 Å². The van der Waals surface area contributed by atoms with Crippen LogP contribution in [0, 0.1) is 5.82 Å². The van der Waals surface area contributed by atoms with Crippen LogP contribution in [0.2, 0.25) is 0 Å². The highest BCUT2D eigenvalue weighted by atomic mass is 32.2. The topological polar surface area (TPSA) is 127 Å². The summed E-state index contributed by atoms with van der Waals surface area (Å²) in [6.45, 7) is 0.0385. The maximum atomic E-state index is 14.0. The van der Waals surface area contributed by atoms with Crippen molar-refractivity contribution in [1.29, 1.82) is 0 Å². The lowest BCUT2D eigenvalue weighted by Crippen LogP contribution is -2.59. The van der Waals surface area contributed by atoms with Gasteiger partial charge < -0.3 is 14.2 Å². The first-order valence-electron chi connectivity index (χ1n) is 11.4. The Labute approximate surface area is 216 Å². The number of fused-ring (bicyclic) bond motifs is 1. The normalized spacial score (nSPS) is 23.2. The largest absolute Gasteiger partial charge is 0.489 e.